The maximum atomic E-state index is 13.6. The van der Waals surface area contributed by atoms with E-state index in [1.54, 1.807) is 25.0 Å². The Hall–Kier alpha value is -3.23. The number of carbonyl (C=O) groups excluding carboxylic acids is 1. The quantitative estimate of drug-likeness (QED) is 0.455. The van der Waals surface area contributed by atoms with Crippen LogP contribution < -0.4 is 5.32 Å². The maximum Gasteiger partial charge on any atom is 0.260 e. The van der Waals surface area contributed by atoms with E-state index in [1.807, 2.05) is 44.2 Å². The van der Waals surface area contributed by atoms with Crippen LogP contribution in [-0.4, -0.2) is 53.6 Å². The van der Waals surface area contributed by atoms with Crippen LogP contribution in [0, 0.1) is 6.92 Å². The molecule has 1 aromatic heterocycles. The van der Waals surface area contributed by atoms with Crippen LogP contribution in [0.2, 0.25) is 5.02 Å². The molecular weight excluding hydrogens is 466 g/mol. The molecule has 1 N–H and O–H groups in total. The lowest BCUT2D eigenvalue weighted by Gasteiger charge is -2.30. The van der Waals surface area contributed by atoms with Crippen molar-refractivity contribution in [1.29, 1.82) is 0 Å². The van der Waals surface area contributed by atoms with Crippen molar-refractivity contribution >= 4 is 28.9 Å². The second-order valence-corrected chi connectivity index (χ2v) is 8.30. The summed E-state index contributed by atoms with van der Waals surface area (Å²) in [6.07, 6.45) is 7.49. The van der Waals surface area contributed by atoms with Gasteiger partial charge < -0.3 is 14.6 Å². The van der Waals surface area contributed by atoms with E-state index in [-0.39, 0.29) is 5.91 Å². The van der Waals surface area contributed by atoms with E-state index in [1.165, 1.54) is 0 Å². The van der Waals surface area contributed by atoms with Crippen LogP contribution in [-0.2, 0) is 9.53 Å². The fourth-order valence-corrected chi connectivity index (χ4v) is 3.97. The first-order valence-electron chi connectivity index (χ1n) is 11.8. The highest BCUT2D eigenvalue weighted by atomic mass is 35.5. The molecule has 0 saturated heterocycles. The smallest absolute Gasteiger partial charge is 0.260 e. The first kappa shape index (κ1) is 26.4. The molecule has 1 aliphatic heterocycles. The van der Waals surface area contributed by atoms with Crippen LogP contribution in [0.1, 0.15) is 45.1 Å². The van der Waals surface area contributed by atoms with Gasteiger partial charge in [-0.1, -0.05) is 41.9 Å². The van der Waals surface area contributed by atoms with Gasteiger partial charge in [-0.3, -0.25) is 9.69 Å². The molecule has 8 nitrogen and oxygen atoms in total. The number of nitrogens with zero attached hydrogens (tertiary/aromatic N) is 4. The van der Waals surface area contributed by atoms with Crippen molar-refractivity contribution < 1.29 is 14.1 Å². The fraction of sp³-hybridized carbons (Fsp3) is 0.385. The number of amides is 1. The van der Waals surface area contributed by atoms with E-state index in [9.17, 15) is 4.79 Å². The van der Waals surface area contributed by atoms with Crippen LogP contribution in [0.4, 0.5) is 0 Å². The third-order valence-electron chi connectivity index (χ3n) is 5.42. The Morgan fingerprint density at radius 3 is 2.74 bits per heavy atom. The monoisotopic (exact) mass is 497 g/mol. The zero-order chi connectivity index (χ0) is 25.4. The number of allylic oxidation sites excluding steroid dienone is 2. The molecule has 3 rings (SSSR count). The molecule has 0 radical (unpaired) electrons. The number of methoxy groups -OCH3 is 1. The molecule has 2 aromatic rings. The predicted molar refractivity (Wildman–Crippen MR) is 139 cm³/mol. The number of likely N-dealkylation sites (N-methyl/N-ethyl adjacent to an activating group) is 1. The van der Waals surface area contributed by atoms with Crippen LogP contribution in [0.3, 0.4) is 0 Å². The Kier molecular flexibility index (Phi) is 9.39. The lowest BCUT2D eigenvalue weighted by molar-refractivity contribution is -0.121. The number of aromatic nitrogens is 2. The Labute approximate surface area is 211 Å². The summed E-state index contributed by atoms with van der Waals surface area (Å²) in [4.78, 5) is 24.3. The molecule has 0 unspecified atom stereocenters. The molecule has 35 heavy (non-hydrogen) atoms. The number of aliphatic imine (C=N–C) groups is 1. The number of rotatable bonds is 10. The first-order valence-corrected chi connectivity index (χ1v) is 12.1. The highest BCUT2D eigenvalue weighted by Crippen LogP contribution is 2.33. The number of hydrogen-bond donors (Lipinski definition) is 1. The van der Waals surface area contributed by atoms with Gasteiger partial charge in [-0.15, -0.1) is 0 Å². The van der Waals surface area contributed by atoms with Crippen molar-refractivity contribution in [3.63, 3.8) is 0 Å². The number of amidine groups is 1. The first-order chi connectivity index (χ1) is 16.9. The Balaban J connectivity index is 1.97. The normalized spacial score (nSPS) is 16.9. The number of nitrogens with one attached hydrogen (secondary N) is 1. The minimum absolute atomic E-state index is 0.155. The number of ether oxygens (including phenoxy) is 1. The summed E-state index contributed by atoms with van der Waals surface area (Å²) >= 11 is 6.63. The molecule has 1 aromatic carbocycles. The number of halogens is 1. The summed E-state index contributed by atoms with van der Waals surface area (Å²) in [7, 11) is 1.68. The molecule has 0 atom stereocenters. The summed E-state index contributed by atoms with van der Waals surface area (Å²) in [5, 5.41) is 7.72. The number of benzene rings is 1. The predicted octanol–water partition coefficient (Wildman–Crippen LogP) is 5.17. The second-order valence-electron chi connectivity index (χ2n) is 7.89. The lowest BCUT2D eigenvalue weighted by atomic mass is 9.95. The van der Waals surface area contributed by atoms with Crippen molar-refractivity contribution in [3.05, 3.63) is 64.3 Å². The van der Waals surface area contributed by atoms with Crippen molar-refractivity contribution in [2.24, 2.45) is 4.99 Å². The van der Waals surface area contributed by atoms with Gasteiger partial charge in [0.1, 0.15) is 11.7 Å². The summed E-state index contributed by atoms with van der Waals surface area (Å²) in [6.45, 7) is 9.50. The van der Waals surface area contributed by atoms with Gasteiger partial charge in [-0.25, -0.2) is 4.99 Å². The van der Waals surface area contributed by atoms with Crippen molar-refractivity contribution in [1.82, 2.24) is 20.4 Å². The highest BCUT2D eigenvalue weighted by Gasteiger charge is 2.31. The molecule has 0 saturated carbocycles. The summed E-state index contributed by atoms with van der Waals surface area (Å²) in [5.41, 5.74) is 2.71. The zero-order valence-corrected chi connectivity index (χ0v) is 21.6. The molecule has 0 spiro atoms. The second kappa shape index (κ2) is 12.5. The molecule has 0 fully saturated rings. The minimum atomic E-state index is -0.155. The van der Waals surface area contributed by atoms with E-state index >= 15 is 0 Å². The molecule has 1 aliphatic rings. The summed E-state index contributed by atoms with van der Waals surface area (Å²) in [6, 6.07) is 5.40. The molecule has 9 heteroatoms. The number of carbonyl (C=O) groups is 1. The van der Waals surface area contributed by atoms with Gasteiger partial charge in [-0.2, -0.15) is 4.98 Å². The van der Waals surface area contributed by atoms with E-state index < -0.39 is 0 Å². The van der Waals surface area contributed by atoms with Gasteiger partial charge in [0.15, 0.2) is 0 Å². The van der Waals surface area contributed by atoms with Gasteiger partial charge in [-0.05, 0) is 44.9 Å². The van der Waals surface area contributed by atoms with Crippen molar-refractivity contribution in [2.45, 2.75) is 40.5 Å². The van der Waals surface area contributed by atoms with E-state index in [2.05, 4.69) is 22.4 Å². The third kappa shape index (κ3) is 6.26. The molecule has 186 valence electrons. The fourth-order valence-electron chi connectivity index (χ4n) is 3.69. The molecular formula is C26H32ClN5O3. The van der Waals surface area contributed by atoms with E-state index in [4.69, 9.17) is 25.9 Å². The molecule has 2 heterocycles. The summed E-state index contributed by atoms with van der Waals surface area (Å²) in [5.74, 6) is 2.11. The van der Waals surface area contributed by atoms with Crippen LogP contribution >= 0.6 is 11.6 Å². The Morgan fingerprint density at radius 2 is 2.14 bits per heavy atom. The average molecular weight is 498 g/mol. The van der Waals surface area contributed by atoms with E-state index in [0.29, 0.717) is 52.4 Å². The Morgan fingerprint density at radius 1 is 1.34 bits per heavy atom. The summed E-state index contributed by atoms with van der Waals surface area (Å²) < 4.78 is 10.2. The van der Waals surface area contributed by atoms with Gasteiger partial charge in [0.05, 0.1) is 0 Å². The number of aryl methyl sites for hydroxylation is 1. The van der Waals surface area contributed by atoms with Crippen LogP contribution in [0.5, 0.6) is 0 Å². The van der Waals surface area contributed by atoms with Crippen LogP contribution in [0.25, 0.3) is 17.0 Å². The zero-order valence-electron chi connectivity index (χ0n) is 20.9. The van der Waals surface area contributed by atoms with Crippen LogP contribution in [0.15, 0.2) is 57.3 Å². The topological polar surface area (TPSA) is 92.9 Å². The minimum Gasteiger partial charge on any atom is -0.385 e. The molecule has 0 aliphatic carbocycles. The standard InChI is InChI=1S/C26H32ClN5O3/c1-6-10-23(28-13-9-14-34-5)30-25-18(7-2)15-21(26(33)32(25)8-3)20-12-11-19(16-22(20)27)24-29-17(4)35-31-24/h7,10-12,15-16,28H,6,8-9,13-14H2,1-5H3/b18-7-,23-10+,30-25+. The molecule has 0 bridgehead atoms. The van der Waals surface area contributed by atoms with Crippen molar-refractivity contribution in [2.75, 3.05) is 26.8 Å². The number of hydrogen-bond acceptors (Lipinski definition) is 7. The van der Waals surface area contributed by atoms with E-state index in [0.717, 1.165) is 30.8 Å². The average Bonchev–Trinajstić information content (AvgIpc) is 3.29. The Bertz CT molecular complexity index is 1180. The molecule has 1 amide bonds. The van der Waals surface area contributed by atoms with Gasteiger partial charge >= 0.3 is 0 Å². The van der Waals surface area contributed by atoms with Gasteiger partial charge in [0.25, 0.3) is 5.91 Å². The van der Waals surface area contributed by atoms with Gasteiger partial charge in [0.2, 0.25) is 11.7 Å². The van der Waals surface area contributed by atoms with Gasteiger partial charge in [0, 0.05) is 61.0 Å². The lowest BCUT2D eigenvalue weighted by Crippen LogP contribution is -2.41. The maximum absolute atomic E-state index is 13.6. The van der Waals surface area contributed by atoms with Crippen molar-refractivity contribution in [3.8, 4) is 11.4 Å². The largest absolute Gasteiger partial charge is 0.385 e. The third-order valence-corrected chi connectivity index (χ3v) is 5.73. The SMILES string of the molecule is C/C=C1/C=C(c2ccc(-c3noc(C)n3)cc2Cl)C(=O)N(CC)/C1=N/C(=C/CC)NCCCOC. The highest BCUT2D eigenvalue weighted by molar-refractivity contribution is 6.37.